The second-order valence-corrected chi connectivity index (χ2v) is 5.15. The van der Waals surface area contributed by atoms with E-state index in [0.29, 0.717) is 18.1 Å². The Bertz CT molecular complexity index is 850. The van der Waals surface area contributed by atoms with Crippen LogP contribution in [0.4, 0.5) is 10.5 Å². The molecule has 3 aromatic rings. The fourth-order valence-electron chi connectivity index (χ4n) is 2.39. The quantitative estimate of drug-likeness (QED) is 0.753. The summed E-state index contributed by atoms with van der Waals surface area (Å²) in [6, 6.07) is 1.54. The number of urea groups is 1. The highest BCUT2D eigenvalue weighted by molar-refractivity contribution is 5.91. The third-order valence-electron chi connectivity index (χ3n) is 3.56. The van der Waals surface area contributed by atoms with Crippen LogP contribution >= 0.6 is 0 Å². The second-order valence-electron chi connectivity index (χ2n) is 5.15. The Morgan fingerprint density at radius 1 is 1.39 bits per heavy atom. The summed E-state index contributed by atoms with van der Waals surface area (Å²) in [4.78, 5) is 16.3. The number of aryl methyl sites for hydroxylation is 3. The van der Waals surface area contributed by atoms with E-state index in [9.17, 15) is 4.79 Å². The van der Waals surface area contributed by atoms with Crippen LogP contribution in [-0.4, -0.2) is 35.6 Å². The van der Waals surface area contributed by atoms with Crippen molar-refractivity contribution >= 4 is 22.8 Å². The Hall–Kier alpha value is -2.97. The number of carbonyl (C=O) groups excluding carboxylic acids is 1. The van der Waals surface area contributed by atoms with Gasteiger partial charge in [-0.05, 0) is 19.9 Å². The highest BCUT2D eigenvalue weighted by Gasteiger charge is 2.10. The van der Waals surface area contributed by atoms with Gasteiger partial charge in [0.25, 0.3) is 0 Å². The molecule has 120 valence electrons. The fraction of sp³-hybridized carbons (Fsp3) is 0.357. The average molecular weight is 314 g/mol. The summed E-state index contributed by atoms with van der Waals surface area (Å²) in [7, 11) is 1.84. The third-order valence-corrected chi connectivity index (χ3v) is 3.56. The topological polar surface area (TPSA) is 103 Å². The first-order valence-corrected chi connectivity index (χ1v) is 7.29. The monoisotopic (exact) mass is 314 g/mol. The summed E-state index contributed by atoms with van der Waals surface area (Å²) in [6.45, 7) is 4.96. The van der Waals surface area contributed by atoms with E-state index in [1.807, 2.05) is 31.5 Å². The molecule has 23 heavy (non-hydrogen) atoms. The van der Waals surface area contributed by atoms with Crippen molar-refractivity contribution in [2.45, 2.75) is 26.9 Å². The maximum Gasteiger partial charge on any atom is 0.319 e. The summed E-state index contributed by atoms with van der Waals surface area (Å²) < 4.78 is 3.58. The van der Waals surface area contributed by atoms with E-state index in [1.165, 1.54) is 0 Å². The Kier molecular flexibility index (Phi) is 3.92. The number of pyridine rings is 1. The largest absolute Gasteiger partial charge is 0.331 e. The molecule has 0 fully saturated rings. The van der Waals surface area contributed by atoms with Gasteiger partial charge in [-0.2, -0.15) is 5.10 Å². The maximum absolute atomic E-state index is 12.0. The van der Waals surface area contributed by atoms with Gasteiger partial charge in [-0.15, -0.1) is 10.2 Å². The van der Waals surface area contributed by atoms with E-state index in [4.69, 9.17) is 0 Å². The molecule has 0 aromatic carbocycles. The van der Waals surface area contributed by atoms with Gasteiger partial charge in [-0.3, -0.25) is 4.68 Å². The lowest BCUT2D eigenvalue weighted by molar-refractivity contribution is 0.251. The molecule has 0 atom stereocenters. The first-order chi connectivity index (χ1) is 11.1. The zero-order valence-electron chi connectivity index (χ0n) is 13.2. The van der Waals surface area contributed by atoms with E-state index < -0.39 is 0 Å². The second kappa shape index (κ2) is 6.03. The minimum atomic E-state index is -0.321. The molecule has 3 heterocycles. The Balaban J connectivity index is 1.67. The number of nitrogens with zero attached hydrogens (tertiary/aromatic N) is 6. The summed E-state index contributed by atoms with van der Waals surface area (Å²) in [5.41, 5.74) is 2.27. The molecule has 0 spiro atoms. The van der Waals surface area contributed by atoms with Crippen molar-refractivity contribution in [1.82, 2.24) is 34.8 Å². The van der Waals surface area contributed by atoms with Gasteiger partial charge in [0.2, 0.25) is 0 Å². The molecule has 0 aliphatic heterocycles. The van der Waals surface area contributed by atoms with Crippen LogP contribution in [0, 0.1) is 6.92 Å². The molecule has 3 aromatic heterocycles. The number of hydrogen-bond acceptors (Lipinski definition) is 5. The standard InChI is InChI=1S/C14H18N8O/c1-4-22-8-17-19-12(22)7-16-14(23)18-10-5-11-9(2)20-21(3)13(11)15-6-10/h5-6,8H,4,7H2,1-3H3,(H2,16,18,23). The van der Waals surface area contributed by atoms with Crippen molar-refractivity contribution in [2.75, 3.05) is 5.32 Å². The van der Waals surface area contributed by atoms with Gasteiger partial charge in [-0.1, -0.05) is 0 Å². The molecular weight excluding hydrogens is 296 g/mol. The van der Waals surface area contributed by atoms with Gasteiger partial charge < -0.3 is 15.2 Å². The maximum atomic E-state index is 12.0. The number of hydrogen-bond donors (Lipinski definition) is 2. The number of fused-ring (bicyclic) bond motifs is 1. The van der Waals surface area contributed by atoms with E-state index in [2.05, 4.69) is 30.9 Å². The minimum absolute atomic E-state index is 0.307. The SMILES string of the molecule is CCn1cnnc1CNC(=O)Nc1cnc2c(c1)c(C)nn2C. The minimum Gasteiger partial charge on any atom is -0.331 e. The first-order valence-electron chi connectivity index (χ1n) is 7.29. The van der Waals surface area contributed by atoms with Crippen LogP contribution in [0.5, 0.6) is 0 Å². The van der Waals surface area contributed by atoms with Crippen molar-refractivity contribution < 1.29 is 4.79 Å². The molecule has 3 rings (SSSR count). The molecule has 9 nitrogen and oxygen atoms in total. The Morgan fingerprint density at radius 3 is 3.00 bits per heavy atom. The highest BCUT2D eigenvalue weighted by atomic mass is 16.2. The van der Waals surface area contributed by atoms with Gasteiger partial charge in [0.1, 0.15) is 6.33 Å². The van der Waals surface area contributed by atoms with Crippen LogP contribution in [0.3, 0.4) is 0 Å². The first kappa shape index (κ1) is 14.9. The van der Waals surface area contributed by atoms with E-state index in [-0.39, 0.29) is 6.03 Å². The zero-order chi connectivity index (χ0) is 16.4. The highest BCUT2D eigenvalue weighted by Crippen LogP contribution is 2.19. The van der Waals surface area contributed by atoms with Gasteiger partial charge in [0, 0.05) is 19.0 Å². The average Bonchev–Trinajstić information content (AvgIpc) is 3.10. The lowest BCUT2D eigenvalue weighted by Crippen LogP contribution is -2.29. The predicted octanol–water partition coefficient (Wildman–Crippen LogP) is 1.21. The lowest BCUT2D eigenvalue weighted by atomic mass is 10.2. The van der Waals surface area contributed by atoms with E-state index >= 15 is 0 Å². The number of nitrogens with one attached hydrogen (secondary N) is 2. The molecule has 0 saturated carbocycles. The van der Waals surface area contributed by atoms with Crippen LogP contribution < -0.4 is 10.6 Å². The number of rotatable bonds is 4. The summed E-state index contributed by atoms with van der Waals surface area (Å²) in [5.74, 6) is 0.708. The van der Waals surface area contributed by atoms with Gasteiger partial charge in [0.15, 0.2) is 11.5 Å². The molecule has 0 bridgehead atoms. The van der Waals surface area contributed by atoms with Crippen molar-refractivity contribution in [1.29, 1.82) is 0 Å². The van der Waals surface area contributed by atoms with Gasteiger partial charge in [0.05, 0.1) is 24.1 Å². The van der Waals surface area contributed by atoms with Crippen LogP contribution in [0.25, 0.3) is 11.0 Å². The number of anilines is 1. The van der Waals surface area contributed by atoms with Gasteiger partial charge in [-0.25, -0.2) is 9.78 Å². The van der Waals surface area contributed by atoms with Crippen molar-refractivity contribution in [2.24, 2.45) is 7.05 Å². The van der Waals surface area contributed by atoms with Crippen LogP contribution in [0.15, 0.2) is 18.6 Å². The van der Waals surface area contributed by atoms with Crippen LogP contribution in [-0.2, 0) is 20.1 Å². The molecule has 0 saturated heterocycles. The molecule has 0 unspecified atom stereocenters. The molecule has 9 heteroatoms. The number of carbonyl (C=O) groups is 1. The summed E-state index contributed by atoms with van der Waals surface area (Å²) in [6.07, 6.45) is 3.25. The molecule has 2 amide bonds. The van der Waals surface area contributed by atoms with Crippen LogP contribution in [0.2, 0.25) is 0 Å². The van der Waals surface area contributed by atoms with Crippen LogP contribution in [0.1, 0.15) is 18.4 Å². The molecular formula is C14H18N8O. The molecule has 0 aliphatic rings. The summed E-state index contributed by atoms with van der Waals surface area (Å²) in [5, 5.41) is 18.5. The predicted molar refractivity (Wildman–Crippen MR) is 84.8 cm³/mol. The fourth-order valence-corrected chi connectivity index (χ4v) is 2.39. The van der Waals surface area contributed by atoms with E-state index in [1.54, 1.807) is 17.2 Å². The molecule has 0 aliphatic carbocycles. The van der Waals surface area contributed by atoms with Crippen molar-refractivity contribution in [3.05, 3.63) is 30.1 Å². The van der Waals surface area contributed by atoms with Crippen molar-refractivity contribution in [3.63, 3.8) is 0 Å². The smallest absolute Gasteiger partial charge is 0.319 e. The Morgan fingerprint density at radius 2 is 2.22 bits per heavy atom. The third kappa shape index (κ3) is 2.98. The van der Waals surface area contributed by atoms with Crippen molar-refractivity contribution in [3.8, 4) is 0 Å². The normalized spacial score (nSPS) is 10.9. The molecule has 2 N–H and O–H groups in total. The molecule has 0 radical (unpaired) electrons. The lowest BCUT2D eigenvalue weighted by Gasteiger charge is -2.08. The van der Waals surface area contributed by atoms with E-state index in [0.717, 1.165) is 23.3 Å². The number of aromatic nitrogens is 6. The zero-order valence-corrected chi connectivity index (χ0v) is 13.2. The number of amides is 2. The van der Waals surface area contributed by atoms with Gasteiger partial charge >= 0.3 is 6.03 Å². The Labute approximate surface area is 132 Å². The summed E-state index contributed by atoms with van der Waals surface area (Å²) >= 11 is 0.